The number of hydrogen-bond acceptors (Lipinski definition) is 5. The van der Waals surface area contributed by atoms with Crippen molar-refractivity contribution in [2.75, 3.05) is 27.3 Å². The van der Waals surface area contributed by atoms with E-state index < -0.39 is 17.9 Å². The smallest absolute Gasteiger partial charge is 0.306 e. The molecule has 162 valence electrons. The van der Waals surface area contributed by atoms with Crippen LogP contribution in [-0.2, 0) is 16.6 Å². The van der Waals surface area contributed by atoms with Gasteiger partial charge in [0.2, 0.25) is 5.91 Å². The van der Waals surface area contributed by atoms with Crippen molar-refractivity contribution in [2.24, 2.45) is 13.0 Å². The third-order valence-electron chi connectivity index (χ3n) is 5.65. The van der Waals surface area contributed by atoms with Gasteiger partial charge < -0.3 is 29.4 Å². The number of ether oxygens (including phenoxy) is 2. The van der Waals surface area contributed by atoms with Crippen LogP contribution in [0.1, 0.15) is 30.3 Å². The number of aryl methyl sites for hydroxylation is 1. The zero-order valence-electron chi connectivity index (χ0n) is 17.6. The summed E-state index contributed by atoms with van der Waals surface area (Å²) in [5, 5.41) is 12.7. The number of aliphatic carboxylic acids is 1. The van der Waals surface area contributed by atoms with Crippen LogP contribution in [0.25, 0.3) is 10.9 Å². The molecule has 1 saturated heterocycles. The summed E-state index contributed by atoms with van der Waals surface area (Å²) in [5.41, 5.74) is 1.21. The number of methoxy groups -OCH3 is 2. The summed E-state index contributed by atoms with van der Waals surface area (Å²) in [6.45, 7) is 2.39. The molecule has 1 unspecified atom stereocenters. The lowest BCUT2D eigenvalue weighted by atomic mass is 9.97. The minimum Gasteiger partial charge on any atom is -0.493 e. The van der Waals surface area contributed by atoms with Gasteiger partial charge in [-0.3, -0.25) is 14.4 Å². The number of nitrogens with one attached hydrogen (secondary N) is 1. The fourth-order valence-corrected chi connectivity index (χ4v) is 3.83. The van der Waals surface area contributed by atoms with Gasteiger partial charge in [0.15, 0.2) is 11.5 Å². The molecule has 0 saturated carbocycles. The second-order valence-electron chi connectivity index (χ2n) is 7.49. The van der Waals surface area contributed by atoms with E-state index in [-0.39, 0.29) is 11.8 Å². The predicted octanol–water partition coefficient (Wildman–Crippen LogP) is 1.64. The maximum absolute atomic E-state index is 12.8. The first-order chi connectivity index (χ1) is 14.3. The molecule has 2 amide bonds. The van der Waals surface area contributed by atoms with Crippen LogP contribution >= 0.6 is 0 Å². The lowest BCUT2D eigenvalue weighted by molar-refractivity contribution is -0.146. The van der Waals surface area contributed by atoms with E-state index >= 15 is 0 Å². The van der Waals surface area contributed by atoms with E-state index in [1.54, 1.807) is 55.9 Å². The first-order valence-corrected chi connectivity index (χ1v) is 9.80. The number of carbonyl (C=O) groups is 3. The van der Waals surface area contributed by atoms with Gasteiger partial charge in [0.1, 0.15) is 11.7 Å². The molecule has 30 heavy (non-hydrogen) atoms. The number of piperidine rings is 1. The van der Waals surface area contributed by atoms with Gasteiger partial charge >= 0.3 is 5.97 Å². The number of likely N-dealkylation sites (tertiary alicyclic amines) is 1. The Morgan fingerprint density at radius 1 is 1.10 bits per heavy atom. The third-order valence-corrected chi connectivity index (χ3v) is 5.65. The van der Waals surface area contributed by atoms with Gasteiger partial charge in [-0.1, -0.05) is 0 Å². The third kappa shape index (κ3) is 4.05. The quantitative estimate of drug-likeness (QED) is 0.739. The van der Waals surface area contributed by atoms with Crippen molar-refractivity contribution >= 4 is 28.7 Å². The number of hydrogen-bond donors (Lipinski definition) is 2. The summed E-state index contributed by atoms with van der Waals surface area (Å²) in [6, 6.07) is 4.61. The van der Waals surface area contributed by atoms with Crippen molar-refractivity contribution in [2.45, 2.75) is 25.8 Å². The molecule has 1 aliphatic heterocycles. The van der Waals surface area contributed by atoms with Crippen LogP contribution in [0.4, 0.5) is 0 Å². The fourth-order valence-electron chi connectivity index (χ4n) is 3.83. The van der Waals surface area contributed by atoms with Crippen LogP contribution in [0.2, 0.25) is 0 Å². The molecule has 3 rings (SSSR count). The maximum Gasteiger partial charge on any atom is 0.306 e. The first kappa shape index (κ1) is 21.5. The van der Waals surface area contributed by atoms with Gasteiger partial charge in [0.05, 0.1) is 25.7 Å². The summed E-state index contributed by atoms with van der Waals surface area (Å²) >= 11 is 0. The Morgan fingerprint density at radius 2 is 1.70 bits per heavy atom. The Balaban J connectivity index is 1.72. The highest BCUT2D eigenvalue weighted by atomic mass is 16.5. The molecule has 2 aromatic rings. The second kappa shape index (κ2) is 8.64. The summed E-state index contributed by atoms with van der Waals surface area (Å²) in [7, 11) is 4.87. The predicted molar refractivity (Wildman–Crippen MR) is 110 cm³/mol. The Bertz CT molecular complexity index is 975. The number of carbonyl (C=O) groups excluding carboxylic acids is 2. The van der Waals surface area contributed by atoms with Crippen molar-refractivity contribution in [1.29, 1.82) is 0 Å². The van der Waals surface area contributed by atoms with Crippen LogP contribution in [0.15, 0.2) is 18.2 Å². The topological polar surface area (TPSA) is 110 Å². The second-order valence-corrected chi connectivity index (χ2v) is 7.49. The molecule has 2 N–H and O–H groups in total. The lowest BCUT2D eigenvalue weighted by Crippen LogP contribution is -2.50. The Labute approximate surface area is 174 Å². The molecule has 0 aliphatic carbocycles. The molecule has 0 radical (unpaired) electrons. The summed E-state index contributed by atoms with van der Waals surface area (Å²) < 4.78 is 12.4. The number of carboxylic acid groups (broad SMARTS) is 1. The number of carboxylic acids is 1. The van der Waals surface area contributed by atoms with Crippen molar-refractivity contribution in [3.8, 4) is 11.5 Å². The fraction of sp³-hybridized carbons (Fsp3) is 0.476. The molecule has 1 fully saturated rings. The molecular weight excluding hydrogens is 390 g/mol. The number of aromatic nitrogens is 1. The zero-order valence-corrected chi connectivity index (χ0v) is 17.6. The number of fused-ring (bicyclic) bond motifs is 1. The van der Waals surface area contributed by atoms with Gasteiger partial charge in [-0.05, 0) is 31.9 Å². The highest BCUT2D eigenvalue weighted by Gasteiger charge is 2.30. The normalized spacial score (nSPS) is 15.7. The summed E-state index contributed by atoms with van der Waals surface area (Å²) in [4.78, 5) is 38.2. The van der Waals surface area contributed by atoms with Crippen molar-refractivity contribution < 1.29 is 29.0 Å². The molecule has 1 aromatic heterocycles. The molecular formula is C21H27N3O6. The number of benzene rings is 1. The highest BCUT2D eigenvalue weighted by Crippen LogP contribution is 2.33. The SMILES string of the molecule is COc1cc2cc(C(=O)NC(C)C(=O)N3CCC(C(=O)O)CC3)n(C)c2cc1OC. The van der Waals surface area contributed by atoms with Crippen LogP contribution in [0.3, 0.4) is 0 Å². The zero-order chi connectivity index (χ0) is 22.0. The molecule has 2 heterocycles. The first-order valence-electron chi connectivity index (χ1n) is 9.80. The average Bonchev–Trinajstić information content (AvgIpc) is 3.07. The monoisotopic (exact) mass is 417 g/mol. The van der Waals surface area contributed by atoms with Crippen LogP contribution < -0.4 is 14.8 Å². The molecule has 9 nitrogen and oxygen atoms in total. The van der Waals surface area contributed by atoms with Gasteiger partial charge in [-0.2, -0.15) is 0 Å². The van der Waals surface area contributed by atoms with Crippen LogP contribution in [-0.4, -0.2) is 65.7 Å². The van der Waals surface area contributed by atoms with Crippen LogP contribution in [0, 0.1) is 5.92 Å². The number of amides is 2. The summed E-state index contributed by atoms with van der Waals surface area (Å²) in [6.07, 6.45) is 0.850. The van der Waals surface area contributed by atoms with E-state index in [2.05, 4.69) is 5.32 Å². The number of rotatable bonds is 6. The maximum atomic E-state index is 12.8. The van der Waals surface area contributed by atoms with E-state index in [0.717, 1.165) is 10.9 Å². The lowest BCUT2D eigenvalue weighted by Gasteiger charge is -2.32. The average molecular weight is 417 g/mol. The molecule has 1 aliphatic rings. The Hall–Kier alpha value is -3.23. The van der Waals surface area contributed by atoms with Gasteiger partial charge in [0.25, 0.3) is 5.91 Å². The van der Waals surface area contributed by atoms with Crippen molar-refractivity contribution in [1.82, 2.24) is 14.8 Å². The molecule has 1 aromatic carbocycles. The minimum atomic E-state index is -0.826. The van der Waals surface area contributed by atoms with Crippen LogP contribution in [0.5, 0.6) is 11.5 Å². The highest BCUT2D eigenvalue weighted by molar-refractivity contribution is 6.01. The van der Waals surface area contributed by atoms with E-state index in [1.165, 1.54) is 0 Å². The van der Waals surface area contributed by atoms with E-state index in [4.69, 9.17) is 14.6 Å². The van der Waals surface area contributed by atoms with E-state index in [9.17, 15) is 14.4 Å². The molecule has 1 atom stereocenters. The molecule has 9 heteroatoms. The van der Waals surface area contributed by atoms with Crippen molar-refractivity contribution in [3.05, 3.63) is 23.9 Å². The van der Waals surface area contributed by atoms with Gasteiger partial charge in [0, 0.05) is 31.6 Å². The van der Waals surface area contributed by atoms with Gasteiger partial charge in [-0.15, -0.1) is 0 Å². The van der Waals surface area contributed by atoms with Gasteiger partial charge in [-0.25, -0.2) is 0 Å². The standard InChI is InChI=1S/C21H27N3O6/c1-12(20(26)24-7-5-13(6-8-24)21(27)28)22-19(25)16-9-14-10-17(29-3)18(30-4)11-15(14)23(16)2/h9-13H,5-8H2,1-4H3,(H,22,25)(H,27,28). The van der Waals surface area contributed by atoms with E-state index in [0.29, 0.717) is 43.1 Å². The Morgan fingerprint density at radius 3 is 2.27 bits per heavy atom. The van der Waals surface area contributed by atoms with E-state index in [1.807, 2.05) is 0 Å². The largest absolute Gasteiger partial charge is 0.493 e. The molecule has 0 bridgehead atoms. The van der Waals surface area contributed by atoms with Crippen molar-refractivity contribution in [3.63, 3.8) is 0 Å². The molecule has 0 spiro atoms. The number of nitrogens with zero attached hydrogens (tertiary/aromatic N) is 2. The minimum absolute atomic E-state index is 0.214. The summed E-state index contributed by atoms with van der Waals surface area (Å²) in [5.74, 6) is -0.694. The Kier molecular flexibility index (Phi) is 6.19.